The van der Waals surface area contributed by atoms with Gasteiger partial charge in [0.2, 0.25) is 5.91 Å². The molecular formula is C11H18N2O3. The number of hydrogen-bond acceptors (Lipinski definition) is 4. The molecule has 0 aromatic rings. The zero-order valence-corrected chi connectivity index (χ0v) is 9.65. The molecule has 90 valence electrons. The SMILES string of the molecule is CCCCOCC(=O)N1CCOC[C@H]1C#N. The largest absolute Gasteiger partial charge is 0.376 e. The van der Waals surface area contributed by atoms with Crippen molar-refractivity contribution in [2.24, 2.45) is 0 Å². The number of unbranched alkanes of at least 4 members (excludes halogenated alkanes) is 1. The van der Waals surface area contributed by atoms with E-state index in [1.165, 1.54) is 4.90 Å². The Morgan fingerprint density at radius 3 is 3.19 bits per heavy atom. The van der Waals surface area contributed by atoms with Crippen molar-refractivity contribution in [3.63, 3.8) is 0 Å². The highest BCUT2D eigenvalue weighted by Crippen LogP contribution is 2.06. The van der Waals surface area contributed by atoms with E-state index in [4.69, 9.17) is 14.7 Å². The monoisotopic (exact) mass is 226 g/mol. The molecule has 1 rings (SSSR count). The lowest BCUT2D eigenvalue weighted by atomic mass is 10.2. The summed E-state index contributed by atoms with van der Waals surface area (Å²) >= 11 is 0. The summed E-state index contributed by atoms with van der Waals surface area (Å²) in [5, 5.41) is 8.86. The van der Waals surface area contributed by atoms with Gasteiger partial charge in [-0.15, -0.1) is 0 Å². The van der Waals surface area contributed by atoms with E-state index in [0.717, 1.165) is 12.8 Å². The first-order valence-corrected chi connectivity index (χ1v) is 5.64. The Morgan fingerprint density at radius 2 is 2.50 bits per heavy atom. The second kappa shape index (κ2) is 7.20. The minimum absolute atomic E-state index is 0.0676. The predicted molar refractivity (Wildman–Crippen MR) is 57.7 cm³/mol. The number of rotatable bonds is 5. The lowest BCUT2D eigenvalue weighted by Gasteiger charge is -2.31. The van der Waals surface area contributed by atoms with E-state index in [1.807, 2.05) is 0 Å². The molecule has 0 spiro atoms. The van der Waals surface area contributed by atoms with Crippen LogP contribution in [0.4, 0.5) is 0 Å². The first-order chi connectivity index (χ1) is 7.79. The zero-order chi connectivity index (χ0) is 11.8. The third kappa shape index (κ3) is 3.80. The second-order valence-electron chi connectivity index (χ2n) is 3.71. The maximum Gasteiger partial charge on any atom is 0.249 e. The maximum absolute atomic E-state index is 11.7. The van der Waals surface area contributed by atoms with Crippen LogP contribution in [-0.4, -0.2) is 49.8 Å². The smallest absolute Gasteiger partial charge is 0.249 e. The molecule has 0 aliphatic carbocycles. The van der Waals surface area contributed by atoms with Crippen molar-refractivity contribution in [2.45, 2.75) is 25.8 Å². The molecule has 1 aliphatic heterocycles. The second-order valence-corrected chi connectivity index (χ2v) is 3.71. The van der Waals surface area contributed by atoms with Crippen molar-refractivity contribution in [3.8, 4) is 6.07 Å². The van der Waals surface area contributed by atoms with Crippen molar-refractivity contribution in [2.75, 3.05) is 33.0 Å². The van der Waals surface area contributed by atoms with Crippen molar-refractivity contribution in [1.82, 2.24) is 4.90 Å². The van der Waals surface area contributed by atoms with Crippen LogP contribution in [0.15, 0.2) is 0 Å². The fraction of sp³-hybridized carbons (Fsp3) is 0.818. The maximum atomic E-state index is 11.7. The van der Waals surface area contributed by atoms with Gasteiger partial charge < -0.3 is 14.4 Å². The van der Waals surface area contributed by atoms with E-state index in [1.54, 1.807) is 0 Å². The van der Waals surface area contributed by atoms with Crippen LogP contribution < -0.4 is 0 Å². The number of carbonyl (C=O) groups excluding carboxylic acids is 1. The van der Waals surface area contributed by atoms with Gasteiger partial charge >= 0.3 is 0 Å². The van der Waals surface area contributed by atoms with Gasteiger partial charge in [0.05, 0.1) is 19.3 Å². The molecule has 1 atom stereocenters. The average molecular weight is 226 g/mol. The lowest BCUT2D eigenvalue weighted by molar-refractivity contribution is -0.142. The van der Waals surface area contributed by atoms with Crippen LogP contribution in [-0.2, 0) is 14.3 Å². The molecule has 0 unspecified atom stereocenters. The number of amides is 1. The molecule has 0 bridgehead atoms. The molecule has 1 fully saturated rings. The summed E-state index contributed by atoms with van der Waals surface area (Å²) in [6.07, 6.45) is 2.00. The third-order valence-corrected chi connectivity index (χ3v) is 2.47. The number of hydrogen-bond donors (Lipinski definition) is 0. The molecule has 5 heteroatoms. The van der Waals surface area contributed by atoms with Crippen LogP contribution in [0.5, 0.6) is 0 Å². The van der Waals surface area contributed by atoms with Crippen molar-refractivity contribution in [1.29, 1.82) is 5.26 Å². The molecule has 5 nitrogen and oxygen atoms in total. The Balaban J connectivity index is 2.31. The van der Waals surface area contributed by atoms with Gasteiger partial charge in [0.15, 0.2) is 0 Å². The van der Waals surface area contributed by atoms with Gasteiger partial charge in [0.1, 0.15) is 12.6 Å². The molecular weight excluding hydrogens is 208 g/mol. The molecule has 0 aromatic carbocycles. The minimum Gasteiger partial charge on any atom is -0.376 e. The van der Waals surface area contributed by atoms with Crippen LogP contribution in [0.25, 0.3) is 0 Å². The fourth-order valence-electron chi connectivity index (χ4n) is 1.50. The van der Waals surface area contributed by atoms with Crippen LogP contribution >= 0.6 is 0 Å². The molecule has 0 saturated carbocycles. The summed E-state index contributed by atoms with van der Waals surface area (Å²) in [5.74, 6) is -0.119. The van der Waals surface area contributed by atoms with Gasteiger partial charge in [-0.25, -0.2) is 0 Å². The molecule has 0 N–H and O–H groups in total. The summed E-state index contributed by atoms with van der Waals surface area (Å²) in [6, 6.07) is 1.60. The standard InChI is InChI=1S/C11H18N2O3/c1-2-3-5-15-9-11(14)13-4-6-16-8-10(13)7-12/h10H,2-6,8-9H2,1H3/t10-/m1/s1. The van der Waals surface area contributed by atoms with Crippen molar-refractivity contribution < 1.29 is 14.3 Å². The predicted octanol–water partition coefficient (Wildman–Crippen LogP) is 0.554. The Labute approximate surface area is 95.9 Å². The van der Waals surface area contributed by atoms with E-state index >= 15 is 0 Å². The molecule has 1 saturated heterocycles. The summed E-state index contributed by atoms with van der Waals surface area (Å²) < 4.78 is 10.4. The number of nitriles is 1. The molecule has 1 aliphatic rings. The molecule has 1 heterocycles. The highest BCUT2D eigenvalue weighted by atomic mass is 16.5. The zero-order valence-electron chi connectivity index (χ0n) is 9.65. The fourth-order valence-corrected chi connectivity index (χ4v) is 1.50. The van der Waals surface area contributed by atoms with Gasteiger partial charge in [-0.1, -0.05) is 13.3 Å². The summed E-state index contributed by atoms with van der Waals surface area (Å²) in [7, 11) is 0. The van der Waals surface area contributed by atoms with Gasteiger partial charge in [0.25, 0.3) is 0 Å². The Kier molecular flexibility index (Phi) is 5.83. The molecule has 1 amide bonds. The van der Waals surface area contributed by atoms with Crippen LogP contribution in [0.1, 0.15) is 19.8 Å². The van der Waals surface area contributed by atoms with Crippen LogP contribution in [0.3, 0.4) is 0 Å². The van der Waals surface area contributed by atoms with Crippen LogP contribution in [0.2, 0.25) is 0 Å². The highest BCUT2D eigenvalue weighted by molar-refractivity contribution is 5.78. The normalized spacial score (nSPS) is 20.5. The van der Waals surface area contributed by atoms with Gasteiger partial charge in [-0.3, -0.25) is 4.79 Å². The molecule has 16 heavy (non-hydrogen) atoms. The first-order valence-electron chi connectivity index (χ1n) is 5.64. The Bertz CT molecular complexity index is 262. The van der Waals surface area contributed by atoms with Gasteiger partial charge in [-0.05, 0) is 6.42 Å². The van der Waals surface area contributed by atoms with Crippen molar-refractivity contribution >= 4 is 5.91 Å². The van der Waals surface area contributed by atoms with Gasteiger partial charge in [-0.2, -0.15) is 5.26 Å². The Morgan fingerprint density at radius 1 is 1.69 bits per heavy atom. The van der Waals surface area contributed by atoms with E-state index in [2.05, 4.69) is 13.0 Å². The summed E-state index contributed by atoms with van der Waals surface area (Å²) in [6.45, 7) is 4.02. The molecule has 0 aromatic heterocycles. The number of ether oxygens (including phenoxy) is 2. The van der Waals surface area contributed by atoms with E-state index in [9.17, 15) is 4.79 Å². The van der Waals surface area contributed by atoms with E-state index < -0.39 is 6.04 Å². The summed E-state index contributed by atoms with van der Waals surface area (Å²) in [4.78, 5) is 13.3. The minimum atomic E-state index is -0.462. The Hall–Kier alpha value is -1.12. The first kappa shape index (κ1) is 12.9. The van der Waals surface area contributed by atoms with Crippen molar-refractivity contribution in [3.05, 3.63) is 0 Å². The third-order valence-electron chi connectivity index (χ3n) is 2.47. The topological polar surface area (TPSA) is 62.6 Å². The number of nitrogens with zero attached hydrogens (tertiary/aromatic N) is 2. The average Bonchev–Trinajstić information content (AvgIpc) is 2.34. The quantitative estimate of drug-likeness (QED) is 0.642. The molecule has 0 radical (unpaired) electrons. The van der Waals surface area contributed by atoms with Crippen LogP contribution in [0, 0.1) is 11.3 Å². The van der Waals surface area contributed by atoms with E-state index in [-0.39, 0.29) is 12.5 Å². The number of morpholine rings is 1. The highest BCUT2D eigenvalue weighted by Gasteiger charge is 2.26. The lowest BCUT2D eigenvalue weighted by Crippen LogP contribution is -2.49. The van der Waals surface area contributed by atoms with Gasteiger partial charge in [0, 0.05) is 13.2 Å². The van der Waals surface area contributed by atoms with E-state index in [0.29, 0.717) is 26.4 Å². The number of carbonyl (C=O) groups is 1. The summed E-state index contributed by atoms with van der Waals surface area (Å²) in [5.41, 5.74) is 0.